The number of aryl methyl sites for hydroxylation is 1. The molecular formula is C27H19N3O4. The van der Waals surface area contributed by atoms with E-state index in [0.29, 0.717) is 22.6 Å². The quantitative estimate of drug-likeness (QED) is 0.223. The van der Waals surface area contributed by atoms with Crippen LogP contribution in [0.5, 0.6) is 0 Å². The van der Waals surface area contributed by atoms with Crippen molar-refractivity contribution in [2.24, 2.45) is 0 Å². The molecule has 2 N–H and O–H groups in total. The summed E-state index contributed by atoms with van der Waals surface area (Å²) in [5, 5.41) is 13.1. The van der Waals surface area contributed by atoms with E-state index in [2.05, 4.69) is 9.97 Å². The van der Waals surface area contributed by atoms with Crippen LogP contribution >= 0.6 is 0 Å². The normalized spacial score (nSPS) is 17.8. The Morgan fingerprint density at radius 2 is 1.74 bits per heavy atom. The number of hydrogen-bond acceptors (Lipinski definition) is 5. The van der Waals surface area contributed by atoms with E-state index in [9.17, 15) is 14.7 Å². The monoisotopic (exact) mass is 449 g/mol. The zero-order chi connectivity index (χ0) is 23.4. The average molecular weight is 449 g/mol. The molecule has 3 aromatic carbocycles. The summed E-state index contributed by atoms with van der Waals surface area (Å²) in [4.78, 5) is 35.6. The number of aliphatic hydroxyl groups is 1. The first-order chi connectivity index (χ1) is 16.5. The Kier molecular flexibility index (Phi) is 4.38. The predicted octanol–water partition coefficient (Wildman–Crippen LogP) is 5.24. The van der Waals surface area contributed by atoms with Gasteiger partial charge in [-0.15, -0.1) is 0 Å². The van der Waals surface area contributed by atoms with Crippen molar-refractivity contribution < 1.29 is 19.1 Å². The molecule has 0 saturated carbocycles. The van der Waals surface area contributed by atoms with Crippen LogP contribution in [0, 0.1) is 6.92 Å². The number of imidazole rings is 1. The highest BCUT2D eigenvalue weighted by Gasteiger charge is 2.49. The van der Waals surface area contributed by atoms with Gasteiger partial charge in [0, 0.05) is 5.56 Å². The average Bonchev–Trinajstić information content (AvgIpc) is 3.54. The first-order valence-corrected chi connectivity index (χ1v) is 10.8. The van der Waals surface area contributed by atoms with E-state index in [1.165, 1.54) is 4.90 Å². The second-order valence-electron chi connectivity index (χ2n) is 8.22. The number of fused-ring (bicyclic) bond motifs is 2. The van der Waals surface area contributed by atoms with Crippen molar-refractivity contribution in [3.63, 3.8) is 0 Å². The fourth-order valence-electron chi connectivity index (χ4n) is 4.55. The lowest BCUT2D eigenvalue weighted by atomic mass is 9.96. The van der Waals surface area contributed by atoms with E-state index < -0.39 is 17.7 Å². The summed E-state index contributed by atoms with van der Waals surface area (Å²) in [5.41, 5.74) is 1.80. The predicted molar refractivity (Wildman–Crippen MR) is 128 cm³/mol. The van der Waals surface area contributed by atoms with Gasteiger partial charge in [-0.05, 0) is 42.0 Å². The molecule has 0 aliphatic carbocycles. The van der Waals surface area contributed by atoms with Crippen LogP contribution in [0.4, 0.5) is 5.95 Å². The molecule has 166 valence electrons. The van der Waals surface area contributed by atoms with Gasteiger partial charge < -0.3 is 14.5 Å². The summed E-state index contributed by atoms with van der Waals surface area (Å²) in [6.45, 7) is 1.78. The third-order valence-corrected chi connectivity index (χ3v) is 6.12. The number of furan rings is 1. The number of H-pyrrole nitrogens is 1. The zero-order valence-electron chi connectivity index (χ0n) is 18.1. The first kappa shape index (κ1) is 20.0. The fraction of sp³-hybridized carbons (Fsp3) is 0.0741. The molecule has 0 radical (unpaired) electrons. The maximum atomic E-state index is 13.4. The molecule has 1 aliphatic heterocycles. The van der Waals surface area contributed by atoms with Crippen LogP contribution in [-0.2, 0) is 9.59 Å². The Labute approximate surface area is 194 Å². The third-order valence-electron chi connectivity index (χ3n) is 6.12. The first-order valence-electron chi connectivity index (χ1n) is 10.8. The Morgan fingerprint density at radius 1 is 0.971 bits per heavy atom. The van der Waals surface area contributed by atoms with Gasteiger partial charge in [0.2, 0.25) is 5.95 Å². The molecule has 1 fully saturated rings. The van der Waals surface area contributed by atoms with Crippen LogP contribution in [0.25, 0.3) is 27.6 Å². The standard InChI is InChI=1S/C27H19N3O4/c1-15-13-14-21(34-15)23-22(24(31)18-10-6-8-16-7-2-3-9-17(16)18)25(32)26(33)30(23)27-28-19-11-4-5-12-20(19)29-27/h2-14,23,31H,1H3,(H,28,29)/b24-22+. The molecule has 1 unspecified atom stereocenters. The number of anilines is 1. The van der Waals surface area contributed by atoms with E-state index in [4.69, 9.17) is 4.42 Å². The van der Waals surface area contributed by atoms with Crippen LogP contribution in [-0.4, -0.2) is 26.8 Å². The van der Waals surface area contributed by atoms with Crippen molar-refractivity contribution >= 4 is 45.2 Å². The number of carbonyl (C=O) groups excluding carboxylic acids is 2. The van der Waals surface area contributed by atoms with Gasteiger partial charge in [0.1, 0.15) is 23.3 Å². The molecule has 1 amide bonds. The minimum atomic E-state index is -0.978. The number of para-hydroxylation sites is 2. The number of ketones is 1. The molecule has 0 spiro atoms. The van der Waals surface area contributed by atoms with Crippen LogP contribution in [0.15, 0.2) is 88.9 Å². The highest BCUT2D eigenvalue weighted by molar-refractivity contribution is 6.51. The lowest BCUT2D eigenvalue weighted by molar-refractivity contribution is -0.132. The largest absolute Gasteiger partial charge is 0.507 e. The molecule has 3 heterocycles. The number of rotatable bonds is 3. The molecule has 34 heavy (non-hydrogen) atoms. The number of Topliss-reactive ketones (excluding diaryl/α,β-unsaturated/α-hetero) is 1. The van der Waals surface area contributed by atoms with E-state index in [1.54, 1.807) is 31.2 Å². The van der Waals surface area contributed by atoms with E-state index in [1.807, 2.05) is 54.6 Å². The summed E-state index contributed by atoms with van der Waals surface area (Å²) in [6, 6.07) is 22.8. The minimum Gasteiger partial charge on any atom is -0.507 e. The molecular weight excluding hydrogens is 430 g/mol. The number of nitrogens with zero attached hydrogens (tertiary/aromatic N) is 2. The van der Waals surface area contributed by atoms with Crippen molar-refractivity contribution in [2.45, 2.75) is 13.0 Å². The summed E-state index contributed by atoms with van der Waals surface area (Å²) in [6.07, 6.45) is 0. The van der Waals surface area contributed by atoms with Crippen molar-refractivity contribution in [1.82, 2.24) is 9.97 Å². The lowest BCUT2D eigenvalue weighted by Gasteiger charge is -2.21. The molecule has 2 aromatic heterocycles. The van der Waals surface area contributed by atoms with Gasteiger partial charge in [0.15, 0.2) is 0 Å². The van der Waals surface area contributed by atoms with Crippen molar-refractivity contribution in [2.75, 3.05) is 4.90 Å². The molecule has 1 aliphatic rings. The number of carbonyl (C=O) groups is 2. The lowest BCUT2D eigenvalue weighted by Crippen LogP contribution is -2.30. The van der Waals surface area contributed by atoms with Gasteiger partial charge >= 0.3 is 5.91 Å². The van der Waals surface area contributed by atoms with Gasteiger partial charge in [0.25, 0.3) is 5.78 Å². The molecule has 1 atom stereocenters. The van der Waals surface area contributed by atoms with Crippen molar-refractivity contribution in [3.8, 4) is 0 Å². The SMILES string of the molecule is Cc1ccc(C2/C(=C(\O)c3cccc4ccccc34)C(=O)C(=O)N2c2nc3ccccc3[nH]2)o1. The Hall–Kier alpha value is -4.65. The van der Waals surface area contributed by atoms with Crippen LogP contribution in [0.2, 0.25) is 0 Å². The zero-order valence-corrected chi connectivity index (χ0v) is 18.1. The number of amides is 1. The molecule has 7 heteroatoms. The summed E-state index contributed by atoms with van der Waals surface area (Å²) < 4.78 is 5.86. The number of aromatic nitrogens is 2. The molecule has 5 aromatic rings. The number of aliphatic hydroxyl groups excluding tert-OH is 1. The molecule has 6 rings (SSSR count). The maximum Gasteiger partial charge on any atom is 0.302 e. The number of aromatic amines is 1. The Bertz CT molecular complexity index is 1600. The Morgan fingerprint density at radius 3 is 2.53 bits per heavy atom. The highest BCUT2D eigenvalue weighted by Crippen LogP contribution is 2.43. The summed E-state index contributed by atoms with van der Waals surface area (Å²) in [5.74, 6) is -0.661. The summed E-state index contributed by atoms with van der Waals surface area (Å²) >= 11 is 0. The molecule has 7 nitrogen and oxygen atoms in total. The van der Waals surface area contributed by atoms with Gasteiger partial charge in [-0.1, -0.05) is 54.6 Å². The maximum absolute atomic E-state index is 13.4. The topological polar surface area (TPSA) is 99.4 Å². The highest BCUT2D eigenvalue weighted by atomic mass is 16.3. The van der Waals surface area contributed by atoms with Gasteiger partial charge in [-0.2, -0.15) is 0 Å². The fourth-order valence-corrected chi connectivity index (χ4v) is 4.55. The van der Waals surface area contributed by atoms with E-state index >= 15 is 0 Å². The van der Waals surface area contributed by atoms with Gasteiger partial charge in [-0.3, -0.25) is 14.5 Å². The van der Waals surface area contributed by atoms with Gasteiger partial charge in [0.05, 0.1) is 16.6 Å². The smallest absolute Gasteiger partial charge is 0.302 e. The second kappa shape index (κ2) is 7.45. The van der Waals surface area contributed by atoms with E-state index in [0.717, 1.165) is 16.3 Å². The molecule has 1 saturated heterocycles. The van der Waals surface area contributed by atoms with E-state index in [-0.39, 0.29) is 17.3 Å². The number of nitrogens with one attached hydrogen (secondary N) is 1. The van der Waals surface area contributed by atoms with Crippen LogP contribution in [0.3, 0.4) is 0 Å². The number of hydrogen-bond donors (Lipinski definition) is 2. The Balaban J connectivity index is 1.60. The molecule has 0 bridgehead atoms. The van der Waals surface area contributed by atoms with Crippen LogP contribution in [0.1, 0.15) is 23.1 Å². The van der Waals surface area contributed by atoms with Crippen molar-refractivity contribution in [1.29, 1.82) is 0 Å². The van der Waals surface area contributed by atoms with Crippen LogP contribution < -0.4 is 4.90 Å². The minimum absolute atomic E-state index is 0.0452. The number of benzene rings is 3. The summed E-state index contributed by atoms with van der Waals surface area (Å²) in [7, 11) is 0. The third kappa shape index (κ3) is 2.94. The van der Waals surface area contributed by atoms with Gasteiger partial charge in [-0.25, -0.2) is 4.98 Å². The second-order valence-corrected chi connectivity index (χ2v) is 8.22. The van der Waals surface area contributed by atoms with Crippen molar-refractivity contribution in [3.05, 3.63) is 102 Å².